The van der Waals surface area contributed by atoms with Gasteiger partial charge in [-0.1, -0.05) is 13.0 Å². The van der Waals surface area contributed by atoms with Crippen LogP contribution in [0.1, 0.15) is 19.8 Å². The number of likely N-dealkylation sites (N-methyl/N-ethyl adjacent to an activating group) is 1. The molecule has 1 amide bonds. The van der Waals surface area contributed by atoms with Gasteiger partial charge in [-0.05, 0) is 19.4 Å². The van der Waals surface area contributed by atoms with Gasteiger partial charge in [0, 0.05) is 12.6 Å². The smallest absolute Gasteiger partial charge is 0.237 e. The maximum Gasteiger partial charge on any atom is 0.237 e. The lowest BCUT2D eigenvalue weighted by Crippen LogP contribution is -2.39. The maximum absolute atomic E-state index is 11.6. The molecular weight excluding hydrogens is 164 g/mol. The van der Waals surface area contributed by atoms with E-state index in [9.17, 15) is 4.79 Å². The van der Waals surface area contributed by atoms with Crippen molar-refractivity contribution >= 4 is 5.91 Å². The van der Waals surface area contributed by atoms with Crippen LogP contribution in [0.5, 0.6) is 0 Å². The average molecular weight is 182 g/mol. The van der Waals surface area contributed by atoms with E-state index < -0.39 is 0 Å². The first-order valence-corrected chi connectivity index (χ1v) is 4.90. The standard InChI is InChI=1S/C10H18N2O/c1-3-7-12(9-5-6-9)10(13)8-11-4-2/h3,9,11H,1,4-8H2,2H3. The molecular formula is C10H18N2O. The number of amides is 1. The lowest BCUT2D eigenvalue weighted by molar-refractivity contribution is -0.130. The lowest BCUT2D eigenvalue weighted by atomic mass is 10.4. The number of carbonyl (C=O) groups excluding carboxylic acids is 1. The van der Waals surface area contributed by atoms with Crippen LogP contribution in [0.3, 0.4) is 0 Å². The van der Waals surface area contributed by atoms with E-state index in [1.807, 2.05) is 11.8 Å². The Kier molecular flexibility index (Phi) is 3.96. The SMILES string of the molecule is C=CCN(C(=O)CNCC)C1CC1. The summed E-state index contributed by atoms with van der Waals surface area (Å²) in [6.07, 6.45) is 4.11. The minimum Gasteiger partial charge on any atom is -0.335 e. The number of rotatable bonds is 6. The summed E-state index contributed by atoms with van der Waals surface area (Å²) in [5.41, 5.74) is 0. The Balaban J connectivity index is 2.33. The molecule has 0 radical (unpaired) electrons. The number of hydrogen-bond donors (Lipinski definition) is 1. The maximum atomic E-state index is 11.6. The monoisotopic (exact) mass is 182 g/mol. The van der Waals surface area contributed by atoms with Crippen LogP contribution < -0.4 is 5.32 Å². The zero-order valence-corrected chi connectivity index (χ0v) is 8.25. The summed E-state index contributed by atoms with van der Waals surface area (Å²) in [6, 6.07) is 0.490. The van der Waals surface area contributed by atoms with Crippen molar-refractivity contribution in [3.8, 4) is 0 Å². The topological polar surface area (TPSA) is 32.3 Å². The predicted molar refractivity (Wildman–Crippen MR) is 53.5 cm³/mol. The van der Waals surface area contributed by atoms with Crippen LogP contribution in [-0.4, -0.2) is 36.5 Å². The van der Waals surface area contributed by atoms with Crippen LogP contribution >= 0.6 is 0 Å². The second kappa shape index (κ2) is 5.02. The Morgan fingerprint density at radius 2 is 2.38 bits per heavy atom. The van der Waals surface area contributed by atoms with E-state index in [1.165, 1.54) is 0 Å². The van der Waals surface area contributed by atoms with Crippen molar-refractivity contribution in [1.82, 2.24) is 10.2 Å². The third kappa shape index (κ3) is 3.19. The third-order valence-corrected chi connectivity index (χ3v) is 2.16. The summed E-state index contributed by atoms with van der Waals surface area (Å²) in [5, 5.41) is 3.04. The molecule has 0 saturated heterocycles. The highest BCUT2D eigenvalue weighted by molar-refractivity contribution is 5.79. The van der Waals surface area contributed by atoms with E-state index in [2.05, 4.69) is 11.9 Å². The molecule has 3 nitrogen and oxygen atoms in total. The molecule has 0 aromatic heterocycles. The van der Waals surface area contributed by atoms with Crippen LogP contribution in [0, 0.1) is 0 Å². The molecule has 0 aromatic rings. The quantitative estimate of drug-likeness (QED) is 0.615. The zero-order chi connectivity index (χ0) is 9.68. The zero-order valence-electron chi connectivity index (χ0n) is 8.25. The Hall–Kier alpha value is -0.830. The van der Waals surface area contributed by atoms with Crippen molar-refractivity contribution in [2.45, 2.75) is 25.8 Å². The highest BCUT2D eigenvalue weighted by Gasteiger charge is 2.30. The van der Waals surface area contributed by atoms with Gasteiger partial charge in [0.2, 0.25) is 5.91 Å². The molecule has 1 aliphatic carbocycles. The fraction of sp³-hybridized carbons (Fsp3) is 0.700. The molecule has 13 heavy (non-hydrogen) atoms. The average Bonchev–Trinajstić information content (AvgIpc) is 2.93. The molecule has 0 bridgehead atoms. The van der Waals surface area contributed by atoms with E-state index in [0.717, 1.165) is 19.4 Å². The van der Waals surface area contributed by atoms with E-state index in [1.54, 1.807) is 6.08 Å². The fourth-order valence-corrected chi connectivity index (χ4v) is 1.31. The van der Waals surface area contributed by atoms with E-state index in [-0.39, 0.29) is 5.91 Å². The van der Waals surface area contributed by atoms with Crippen LogP contribution in [0.15, 0.2) is 12.7 Å². The molecule has 0 aliphatic heterocycles. The van der Waals surface area contributed by atoms with Crippen molar-refractivity contribution in [3.63, 3.8) is 0 Å². The van der Waals surface area contributed by atoms with Gasteiger partial charge in [0.15, 0.2) is 0 Å². The van der Waals surface area contributed by atoms with Crippen LogP contribution in [-0.2, 0) is 4.79 Å². The summed E-state index contributed by atoms with van der Waals surface area (Å²) in [5.74, 6) is 0.198. The van der Waals surface area contributed by atoms with E-state index in [0.29, 0.717) is 19.1 Å². The normalized spacial score (nSPS) is 15.5. The summed E-state index contributed by atoms with van der Waals surface area (Å²) in [4.78, 5) is 13.5. The molecule has 74 valence electrons. The van der Waals surface area contributed by atoms with Crippen LogP contribution in [0.4, 0.5) is 0 Å². The molecule has 1 saturated carbocycles. The molecule has 1 rings (SSSR count). The largest absolute Gasteiger partial charge is 0.335 e. The molecule has 0 atom stereocenters. The van der Waals surface area contributed by atoms with Crippen molar-refractivity contribution in [2.24, 2.45) is 0 Å². The van der Waals surface area contributed by atoms with Crippen molar-refractivity contribution < 1.29 is 4.79 Å². The molecule has 1 fully saturated rings. The first-order chi connectivity index (χ1) is 6.29. The van der Waals surface area contributed by atoms with Crippen molar-refractivity contribution in [3.05, 3.63) is 12.7 Å². The summed E-state index contributed by atoms with van der Waals surface area (Å²) in [6.45, 7) is 7.66. The highest BCUT2D eigenvalue weighted by Crippen LogP contribution is 2.26. The van der Waals surface area contributed by atoms with Crippen LogP contribution in [0.25, 0.3) is 0 Å². The second-order valence-corrected chi connectivity index (χ2v) is 3.35. The Labute approximate surface area is 79.8 Å². The molecule has 3 heteroatoms. The summed E-state index contributed by atoms with van der Waals surface area (Å²) >= 11 is 0. The highest BCUT2D eigenvalue weighted by atomic mass is 16.2. The second-order valence-electron chi connectivity index (χ2n) is 3.35. The molecule has 1 N–H and O–H groups in total. The lowest BCUT2D eigenvalue weighted by Gasteiger charge is -2.20. The summed E-state index contributed by atoms with van der Waals surface area (Å²) < 4.78 is 0. The van der Waals surface area contributed by atoms with Gasteiger partial charge < -0.3 is 10.2 Å². The molecule has 0 aromatic carbocycles. The van der Waals surface area contributed by atoms with Gasteiger partial charge in [0.25, 0.3) is 0 Å². The molecule has 0 heterocycles. The van der Waals surface area contributed by atoms with Gasteiger partial charge in [0.1, 0.15) is 0 Å². The molecule has 1 aliphatic rings. The Morgan fingerprint density at radius 3 is 2.85 bits per heavy atom. The first kappa shape index (κ1) is 10.3. The number of carbonyl (C=O) groups is 1. The minimum absolute atomic E-state index is 0.198. The Morgan fingerprint density at radius 1 is 1.69 bits per heavy atom. The van der Waals surface area contributed by atoms with Gasteiger partial charge in [-0.25, -0.2) is 0 Å². The number of hydrogen-bond acceptors (Lipinski definition) is 2. The van der Waals surface area contributed by atoms with Gasteiger partial charge in [-0.3, -0.25) is 4.79 Å². The minimum atomic E-state index is 0.198. The third-order valence-electron chi connectivity index (χ3n) is 2.16. The fourth-order valence-electron chi connectivity index (χ4n) is 1.31. The molecule has 0 spiro atoms. The van der Waals surface area contributed by atoms with Crippen molar-refractivity contribution in [2.75, 3.05) is 19.6 Å². The van der Waals surface area contributed by atoms with Gasteiger partial charge >= 0.3 is 0 Å². The van der Waals surface area contributed by atoms with Gasteiger partial charge in [-0.15, -0.1) is 6.58 Å². The van der Waals surface area contributed by atoms with Gasteiger partial charge in [-0.2, -0.15) is 0 Å². The van der Waals surface area contributed by atoms with Gasteiger partial charge in [0.05, 0.1) is 6.54 Å². The van der Waals surface area contributed by atoms with E-state index in [4.69, 9.17) is 0 Å². The first-order valence-electron chi connectivity index (χ1n) is 4.90. The predicted octanol–water partition coefficient (Wildman–Crippen LogP) is 0.773. The molecule has 0 unspecified atom stereocenters. The number of nitrogens with one attached hydrogen (secondary N) is 1. The van der Waals surface area contributed by atoms with E-state index >= 15 is 0 Å². The van der Waals surface area contributed by atoms with Crippen LogP contribution in [0.2, 0.25) is 0 Å². The number of nitrogens with zero attached hydrogens (tertiary/aromatic N) is 1. The Bertz CT molecular complexity index is 187. The van der Waals surface area contributed by atoms with Crippen molar-refractivity contribution in [1.29, 1.82) is 0 Å². The summed E-state index contributed by atoms with van der Waals surface area (Å²) in [7, 11) is 0.